The van der Waals surface area contributed by atoms with E-state index in [1.165, 1.54) is 86.3 Å². The van der Waals surface area contributed by atoms with Crippen molar-refractivity contribution in [2.45, 2.75) is 0 Å². The molecule has 0 saturated heterocycles. The molecule has 0 aliphatic rings. The summed E-state index contributed by atoms with van der Waals surface area (Å²) in [5.41, 5.74) is 12.8. The Balaban J connectivity index is 1.14. The minimum atomic E-state index is -2.92. The molecule has 0 bridgehead atoms. The fourth-order valence-electron chi connectivity index (χ4n) is 11.9. The maximum Gasteiger partial charge on any atom is 0.179 e. The molecule has 328 valence electrons. The normalized spacial score (nSPS) is 12.0. The maximum atomic E-state index is 2.57. The van der Waals surface area contributed by atoms with Crippen LogP contribution in [0.15, 0.2) is 273 Å². The van der Waals surface area contributed by atoms with E-state index in [0.717, 1.165) is 28.1 Å². The van der Waals surface area contributed by atoms with Crippen LogP contribution < -0.4 is 20.7 Å². The van der Waals surface area contributed by atoms with Crippen LogP contribution in [0.4, 0.5) is 0 Å². The molecule has 0 radical (unpaired) electrons. The number of hydrogen-bond acceptors (Lipinski definition) is 0. The lowest BCUT2D eigenvalue weighted by atomic mass is 10.1. The molecule has 0 saturated carbocycles. The Morgan fingerprint density at radius 1 is 0.243 bits per heavy atom. The summed E-state index contributed by atoms with van der Waals surface area (Å²) in [5.74, 6) is 0. The highest BCUT2D eigenvalue weighted by atomic mass is 28.3. The first-order valence-electron chi connectivity index (χ1n) is 24.2. The molecule has 14 rings (SSSR count). The van der Waals surface area contributed by atoms with Crippen LogP contribution in [0.2, 0.25) is 0 Å². The van der Waals surface area contributed by atoms with Gasteiger partial charge in [0.1, 0.15) is 0 Å². The van der Waals surface area contributed by atoms with Gasteiger partial charge in [-0.25, -0.2) is 0 Å². The van der Waals surface area contributed by atoms with E-state index in [9.17, 15) is 0 Å². The Morgan fingerprint density at radius 2 is 0.671 bits per heavy atom. The second-order valence-corrected chi connectivity index (χ2v) is 22.2. The van der Waals surface area contributed by atoms with Crippen molar-refractivity contribution in [3.8, 4) is 28.2 Å². The van der Waals surface area contributed by atoms with E-state index in [1.54, 1.807) is 0 Å². The van der Waals surface area contributed by atoms with Crippen LogP contribution in [0, 0.1) is 0 Å². The first-order chi connectivity index (χ1) is 34.8. The number of aromatic nitrogens is 3. The molecule has 0 unspecified atom stereocenters. The van der Waals surface area contributed by atoms with Gasteiger partial charge in [0.15, 0.2) is 8.07 Å². The molecule has 0 N–H and O–H groups in total. The fourth-order valence-corrected chi connectivity index (χ4v) is 16.7. The molecular weight excluding hydrogens is 863 g/mol. The summed E-state index contributed by atoms with van der Waals surface area (Å²) in [7, 11) is -2.92. The lowest BCUT2D eigenvalue weighted by Crippen LogP contribution is -2.74. The van der Waals surface area contributed by atoms with Gasteiger partial charge in [0.25, 0.3) is 0 Å². The van der Waals surface area contributed by atoms with E-state index in [4.69, 9.17) is 0 Å². The van der Waals surface area contributed by atoms with Crippen LogP contribution in [0.1, 0.15) is 0 Å². The van der Waals surface area contributed by atoms with Crippen molar-refractivity contribution < 1.29 is 0 Å². The van der Waals surface area contributed by atoms with Gasteiger partial charge >= 0.3 is 0 Å². The van der Waals surface area contributed by atoms with Gasteiger partial charge in [-0.15, -0.1) is 0 Å². The van der Waals surface area contributed by atoms with Crippen molar-refractivity contribution in [2.75, 3.05) is 0 Å². The van der Waals surface area contributed by atoms with Crippen molar-refractivity contribution in [3.05, 3.63) is 273 Å². The summed E-state index contributed by atoms with van der Waals surface area (Å²) >= 11 is 0. The Labute approximate surface area is 407 Å². The number of hydrogen-bond donors (Lipinski definition) is 0. The molecule has 0 aliphatic heterocycles. The molecule has 70 heavy (non-hydrogen) atoms. The van der Waals surface area contributed by atoms with E-state index < -0.39 is 8.07 Å². The summed E-state index contributed by atoms with van der Waals surface area (Å²) < 4.78 is 7.56. The zero-order valence-corrected chi connectivity index (χ0v) is 39.3. The maximum absolute atomic E-state index is 2.92. The van der Waals surface area contributed by atoms with Crippen molar-refractivity contribution in [1.29, 1.82) is 0 Å². The lowest BCUT2D eigenvalue weighted by molar-refractivity contribution is 1.13. The van der Waals surface area contributed by atoms with Crippen molar-refractivity contribution in [1.82, 2.24) is 13.7 Å². The van der Waals surface area contributed by atoms with Gasteiger partial charge in [-0.05, 0) is 86.5 Å². The second kappa shape index (κ2) is 16.1. The monoisotopic (exact) mass is 907 g/mol. The van der Waals surface area contributed by atoms with E-state index in [-0.39, 0.29) is 0 Å². The SMILES string of the molecule is c1ccc(-c2cccc(-n3c4ccccc4c4cccc(-n5c6ccc([Si](c7ccccc7)(c7ccccc7)c7ccccc7)cc6c6c(-n7c8ccccc8c8ccccc87)cccc65)c43)c2)cc1. The topological polar surface area (TPSA) is 14.8 Å². The van der Waals surface area contributed by atoms with E-state index in [0.29, 0.717) is 0 Å². The zero-order chi connectivity index (χ0) is 46.2. The van der Waals surface area contributed by atoms with Crippen molar-refractivity contribution >= 4 is 94.2 Å². The molecule has 0 amide bonds. The lowest BCUT2D eigenvalue weighted by Gasteiger charge is -2.34. The Morgan fingerprint density at radius 3 is 1.29 bits per heavy atom. The number of para-hydroxylation sites is 4. The van der Waals surface area contributed by atoms with Crippen molar-refractivity contribution in [3.63, 3.8) is 0 Å². The molecule has 3 nitrogen and oxygen atoms in total. The third-order valence-corrected chi connectivity index (χ3v) is 19.5. The Bertz CT molecular complexity index is 4130. The smallest absolute Gasteiger partial charge is 0.179 e. The van der Waals surface area contributed by atoms with Gasteiger partial charge in [-0.1, -0.05) is 218 Å². The standard InChI is InChI=1S/C66H45N3Si/c1-5-22-46(23-6-1)47-24-19-25-48(44-47)67-58-36-16-15-34-55(58)56-35-20-41-64(66(56)67)69-61-43-42-52(70(49-26-7-2-8-27-49,50-28-9-3-10-29-50)51-30-11-4-12-31-51)45-57(61)65-62(39-21-40-63(65)69)68-59-37-17-13-32-53(59)54-33-14-18-38-60(54)68/h1-45H. The predicted molar refractivity (Wildman–Crippen MR) is 299 cm³/mol. The first kappa shape index (κ1) is 40.1. The Hall–Kier alpha value is -8.96. The highest BCUT2D eigenvalue weighted by Gasteiger charge is 2.42. The van der Waals surface area contributed by atoms with Crippen LogP contribution in [-0.2, 0) is 0 Å². The van der Waals surface area contributed by atoms with Gasteiger partial charge in [-0.2, -0.15) is 0 Å². The fraction of sp³-hybridized carbons (Fsp3) is 0. The van der Waals surface area contributed by atoms with E-state index in [2.05, 4.69) is 287 Å². The first-order valence-corrected chi connectivity index (χ1v) is 26.2. The van der Waals surface area contributed by atoms with Crippen LogP contribution >= 0.6 is 0 Å². The molecule has 11 aromatic carbocycles. The van der Waals surface area contributed by atoms with Gasteiger partial charge < -0.3 is 13.7 Å². The van der Waals surface area contributed by atoms with Crippen molar-refractivity contribution in [2.24, 2.45) is 0 Å². The molecule has 4 heteroatoms. The number of fused-ring (bicyclic) bond motifs is 9. The minimum absolute atomic E-state index is 1.12. The van der Waals surface area contributed by atoms with Gasteiger partial charge in [0, 0.05) is 38.0 Å². The third-order valence-electron chi connectivity index (χ3n) is 14.8. The number of benzene rings is 11. The molecule has 0 fully saturated rings. The minimum Gasteiger partial charge on any atom is -0.309 e. The van der Waals surface area contributed by atoms with Crippen LogP contribution in [0.5, 0.6) is 0 Å². The summed E-state index contributed by atoms with van der Waals surface area (Å²) in [6.45, 7) is 0. The van der Waals surface area contributed by atoms with E-state index >= 15 is 0 Å². The summed E-state index contributed by atoms with van der Waals surface area (Å²) in [5, 5.41) is 12.8. The average molecular weight is 908 g/mol. The van der Waals surface area contributed by atoms with Crippen LogP contribution in [-0.4, -0.2) is 21.8 Å². The molecule has 3 heterocycles. The molecule has 0 atom stereocenters. The largest absolute Gasteiger partial charge is 0.309 e. The van der Waals surface area contributed by atoms with E-state index in [1.807, 2.05) is 0 Å². The third kappa shape index (κ3) is 5.94. The van der Waals surface area contributed by atoms with Gasteiger partial charge in [0.05, 0.1) is 44.5 Å². The average Bonchev–Trinajstić information content (AvgIpc) is 4.08. The zero-order valence-electron chi connectivity index (χ0n) is 38.3. The molecule has 0 aliphatic carbocycles. The van der Waals surface area contributed by atoms with Crippen LogP contribution in [0.3, 0.4) is 0 Å². The quantitative estimate of drug-likeness (QED) is 0.107. The predicted octanol–water partition coefficient (Wildman–Crippen LogP) is 14.0. The van der Waals surface area contributed by atoms with Gasteiger partial charge in [0.2, 0.25) is 0 Å². The summed E-state index contributed by atoms with van der Waals surface area (Å²) in [6, 6.07) is 101. The van der Waals surface area contributed by atoms with Crippen LogP contribution in [0.25, 0.3) is 93.6 Å². The second-order valence-electron chi connectivity index (χ2n) is 18.4. The molecule has 3 aromatic heterocycles. The van der Waals surface area contributed by atoms with Gasteiger partial charge in [-0.3, -0.25) is 0 Å². The number of rotatable bonds is 8. The molecular formula is C66H45N3Si. The highest BCUT2D eigenvalue weighted by molar-refractivity contribution is 7.20. The molecule has 14 aromatic rings. The number of nitrogens with zero attached hydrogens (tertiary/aromatic N) is 3. The molecule has 0 spiro atoms. The highest BCUT2D eigenvalue weighted by Crippen LogP contribution is 2.43. The summed E-state index contributed by atoms with van der Waals surface area (Å²) in [4.78, 5) is 0. The summed E-state index contributed by atoms with van der Waals surface area (Å²) in [6.07, 6.45) is 0. The Kier molecular flexibility index (Phi) is 9.23.